The van der Waals surface area contributed by atoms with Crippen LogP contribution in [0.5, 0.6) is 0 Å². The highest BCUT2D eigenvalue weighted by molar-refractivity contribution is 7.89. The largest absolute Gasteiger partial charge is 0.457 e. The van der Waals surface area contributed by atoms with Crippen molar-refractivity contribution >= 4 is 28.2 Å². The lowest BCUT2D eigenvalue weighted by Gasteiger charge is -2.33. The maximum atomic E-state index is 13.2. The number of aliphatic hydroxyl groups excluding tert-OH is 2. The van der Waals surface area contributed by atoms with E-state index in [0.29, 0.717) is 43.5 Å². The second kappa shape index (κ2) is 15.0. The van der Waals surface area contributed by atoms with Crippen molar-refractivity contribution in [2.75, 3.05) is 46.3 Å². The van der Waals surface area contributed by atoms with E-state index in [1.54, 1.807) is 29.2 Å². The predicted octanol–water partition coefficient (Wildman–Crippen LogP) is 2.88. The molecule has 0 bridgehead atoms. The van der Waals surface area contributed by atoms with Gasteiger partial charge in [-0.25, -0.2) is 13.2 Å². The number of carbonyl (C=O) groups is 2. The number of aliphatic hydroxyl groups is 2. The van der Waals surface area contributed by atoms with Gasteiger partial charge in [-0.15, -0.1) is 0 Å². The SMILES string of the molecule is C/C(=C\c1cccc(S(=O)(=O)N2CC[C@@H](O)C2)c1)[C@H]1OC(=O)C[C@H](O)CC[C@H](C)[C@H](OC(=O)N2CCN(C)CC2)/C=C/[C@@H]1C. The third-order valence-electron chi connectivity index (χ3n) is 8.72. The van der Waals surface area contributed by atoms with Crippen molar-refractivity contribution in [1.29, 1.82) is 0 Å². The van der Waals surface area contributed by atoms with Crippen LogP contribution in [0.1, 0.15) is 52.0 Å². The van der Waals surface area contributed by atoms with Gasteiger partial charge in [0.1, 0.15) is 12.2 Å². The number of hydrogen-bond acceptors (Lipinski definition) is 9. The first-order valence-electron chi connectivity index (χ1n) is 15.5. The summed E-state index contributed by atoms with van der Waals surface area (Å²) in [6, 6.07) is 6.53. The monoisotopic (exact) mass is 633 g/mol. The van der Waals surface area contributed by atoms with E-state index in [4.69, 9.17) is 9.47 Å². The van der Waals surface area contributed by atoms with Crippen LogP contribution in [0.3, 0.4) is 0 Å². The number of amides is 1. The van der Waals surface area contributed by atoms with E-state index >= 15 is 0 Å². The highest BCUT2D eigenvalue weighted by Crippen LogP contribution is 2.27. The maximum Gasteiger partial charge on any atom is 0.410 e. The summed E-state index contributed by atoms with van der Waals surface area (Å²) >= 11 is 0. The summed E-state index contributed by atoms with van der Waals surface area (Å²) in [5.41, 5.74) is 1.31. The summed E-state index contributed by atoms with van der Waals surface area (Å²) < 4.78 is 39.5. The quantitative estimate of drug-likeness (QED) is 0.371. The van der Waals surface area contributed by atoms with Gasteiger partial charge in [-0.1, -0.05) is 38.1 Å². The van der Waals surface area contributed by atoms with Crippen LogP contribution in [0.15, 0.2) is 46.9 Å². The van der Waals surface area contributed by atoms with Crippen molar-refractivity contribution in [3.05, 3.63) is 47.6 Å². The second-order valence-corrected chi connectivity index (χ2v) is 14.4. The molecule has 1 amide bonds. The zero-order valence-corrected chi connectivity index (χ0v) is 27.0. The number of ether oxygens (including phenoxy) is 2. The molecule has 6 atom stereocenters. The molecule has 3 aliphatic rings. The Morgan fingerprint density at radius 3 is 2.43 bits per heavy atom. The van der Waals surface area contributed by atoms with Crippen molar-refractivity contribution in [1.82, 2.24) is 14.1 Å². The van der Waals surface area contributed by atoms with Crippen LogP contribution in [0.2, 0.25) is 0 Å². The first-order chi connectivity index (χ1) is 20.8. The van der Waals surface area contributed by atoms with Crippen LogP contribution in [-0.2, 0) is 24.3 Å². The van der Waals surface area contributed by atoms with Gasteiger partial charge >= 0.3 is 12.1 Å². The number of cyclic esters (lactones) is 1. The Bertz CT molecular complexity index is 1320. The third-order valence-corrected chi connectivity index (χ3v) is 10.6. The molecule has 1 aromatic rings. The number of piperazine rings is 1. The normalized spacial score (nSPS) is 31.1. The van der Waals surface area contributed by atoms with Crippen LogP contribution in [-0.4, -0.2) is 116 Å². The molecule has 0 spiro atoms. The van der Waals surface area contributed by atoms with Gasteiger partial charge in [0.2, 0.25) is 10.0 Å². The molecular formula is C32H47N3O8S. The molecule has 0 radical (unpaired) electrons. The zero-order valence-electron chi connectivity index (χ0n) is 26.2. The third kappa shape index (κ3) is 8.91. The number of likely N-dealkylation sites (N-methyl/N-ethyl adjacent to an activating group) is 1. The Hall–Kier alpha value is -2.77. The zero-order chi connectivity index (χ0) is 32.0. The first-order valence-corrected chi connectivity index (χ1v) is 16.9. The molecular weight excluding hydrogens is 586 g/mol. The lowest BCUT2D eigenvalue weighted by Crippen LogP contribution is -2.48. The molecule has 0 unspecified atom stereocenters. The number of β-amino-alcohol motifs (C(OH)–C–C–N with tert-alkyl or cyclic N) is 1. The molecule has 3 aliphatic heterocycles. The average molecular weight is 634 g/mol. The summed E-state index contributed by atoms with van der Waals surface area (Å²) in [5.74, 6) is -0.927. The molecule has 3 heterocycles. The number of nitrogens with zero attached hydrogens (tertiary/aromatic N) is 3. The topological polar surface area (TPSA) is 137 Å². The molecule has 2 fully saturated rings. The molecule has 2 saturated heterocycles. The minimum absolute atomic E-state index is 0.0689. The van der Waals surface area contributed by atoms with E-state index in [-0.39, 0.29) is 42.3 Å². The lowest BCUT2D eigenvalue weighted by atomic mass is 9.91. The van der Waals surface area contributed by atoms with Gasteiger partial charge in [0, 0.05) is 45.2 Å². The minimum atomic E-state index is -3.77. The van der Waals surface area contributed by atoms with E-state index in [2.05, 4.69) is 4.90 Å². The molecule has 4 rings (SSSR count). The standard InChI is InChI=1S/C32H47N3O8S/c1-22-8-10-26(36)20-30(38)43-31(23(2)9-11-29(22)42-32(39)34-16-14-33(4)15-17-34)24(3)18-25-6-5-7-28(19-25)44(40,41)35-13-12-27(37)21-35/h5-7,9,11,18-19,22-23,26-27,29,31,36-37H,8,10,12-17,20-21H2,1-4H3/b11-9+,24-18+/t22-,23-,26+,27+,29+,31-/m0/s1. The Balaban J connectivity index is 1.56. The molecule has 1 aromatic carbocycles. The second-order valence-electron chi connectivity index (χ2n) is 12.5. The maximum absolute atomic E-state index is 13.2. The molecule has 12 heteroatoms. The van der Waals surface area contributed by atoms with Crippen LogP contribution in [0.25, 0.3) is 6.08 Å². The van der Waals surface area contributed by atoms with Crippen LogP contribution in [0.4, 0.5) is 4.79 Å². The Morgan fingerprint density at radius 2 is 1.75 bits per heavy atom. The number of carbonyl (C=O) groups excluding carboxylic acids is 2. The van der Waals surface area contributed by atoms with Crippen LogP contribution < -0.4 is 0 Å². The number of benzene rings is 1. The molecule has 0 aromatic heterocycles. The summed E-state index contributed by atoms with van der Waals surface area (Å²) in [6.07, 6.45) is 3.54. The van der Waals surface area contributed by atoms with Gasteiger partial charge in [-0.05, 0) is 68.5 Å². The van der Waals surface area contributed by atoms with E-state index in [9.17, 15) is 28.2 Å². The Kier molecular flexibility index (Phi) is 11.6. The summed E-state index contributed by atoms with van der Waals surface area (Å²) in [6.45, 7) is 8.78. The molecule has 0 aliphatic carbocycles. The lowest BCUT2D eigenvalue weighted by molar-refractivity contribution is -0.151. The van der Waals surface area contributed by atoms with Gasteiger partial charge < -0.3 is 29.5 Å². The van der Waals surface area contributed by atoms with Crippen molar-refractivity contribution in [2.24, 2.45) is 11.8 Å². The Morgan fingerprint density at radius 1 is 1.02 bits per heavy atom. The van der Waals surface area contributed by atoms with Crippen molar-refractivity contribution in [2.45, 2.75) is 75.8 Å². The van der Waals surface area contributed by atoms with E-state index in [0.717, 1.165) is 13.1 Å². The van der Waals surface area contributed by atoms with Crippen LogP contribution in [0, 0.1) is 11.8 Å². The first kappa shape index (κ1) is 34.1. The molecule has 0 saturated carbocycles. The smallest absolute Gasteiger partial charge is 0.410 e. The van der Waals surface area contributed by atoms with Gasteiger partial charge in [0.05, 0.1) is 23.5 Å². The van der Waals surface area contributed by atoms with Gasteiger partial charge in [0.25, 0.3) is 0 Å². The van der Waals surface area contributed by atoms with E-state index in [1.807, 2.05) is 40.0 Å². The predicted molar refractivity (Wildman–Crippen MR) is 166 cm³/mol. The minimum Gasteiger partial charge on any atom is -0.457 e. The molecule has 44 heavy (non-hydrogen) atoms. The summed E-state index contributed by atoms with van der Waals surface area (Å²) in [7, 11) is -1.75. The van der Waals surface area contributed by atoms with Gasteiger partial charge in [-0.3, -0.25) is 4.79 Å². The number of sulfonamides is 1. The molecule has 11 nitrogen and oxygen atoms in total. The average Bonchev–Trinajstić information content (AvgIpc) is 3.43. The van der Waals surface area contributed by atoms with Gasteiger partial charge in [0.15, 0.2) is 0 Å². The fourth-order valence-corrected chi connectivity index (χ4v) is 7.37. The molecule has 2 N–H and O–H groups in total. The van der Waals surface area contributed by atoms with E-state index in [1.165, 1.54) is 10.4 Å². The fraction of sp³-hybridized carbons (Fsp3) is 0.625. The highest BCUT2D eigenvalue weighted by atomic mass is 32.2. The Labute approximate surface area is 261 Å². The fourth-order valence-electron chi connectivity index (χ4n) is 5.82. The highest BCUT2D eigenvalue weighted by Gasteiger charge is 2.32. The summed E-state index contributed by atoms with van der Waals surface area (Å²) in [5, 5.41) is 20.4. The number of rotatable bonds is 5. The van der Waals surface area contributed by atoms with E-state index < -0.39 is 40.4 Å². The van der Waals surface area contributed by atoms with Crippen LogP contribution >= 0.6 is 0 Å². The van der Waals surface area contributed by atoms with Crippen molar-refractivity contribution < 1.29 is 37.7 Å². The summed E-state index contributed by atoms with van der Waals surface area (Å²) in [4.78, 5) is 29.9. The number of hydrogen-bond donors (Lipinski definition) is 2. The number of esters is 1. The van der Waals surface area contributed by atoms with Crippen molar-refractivity contribution in [3.8, 4) is 0 Å². The molecule has 244 valence electrons. The van der Waals surface area contributed by atoms with Gasteiger partial charge in [-0.2, -0.15) is 4.31 Å². The van der Waals surface area contributed by atoms with Crippen molar-refractivity contribution in [3.63, 3.8) is 0 Å².